The lowest BCUT2D eigenvalue weighted by atomic mass is 10.0. The first-order chi connectivity index (χ1) is 17.4. The number of carbonyl (C=O) groups excluding carboxylic acids is 2. The summed E-state index contributed by atoms with van der Waals surface area (Å²) in [7, 11) is 1.57. The molecule has 1 atom stereocenters. The molecule has 1 unspecified atom stereocenters. The molecule has 0 bridgehead atoms. The van der Waals surface area contributed by atoms with Gasteiger partial charge in [-0.15, -0.1) is 0 Å². The van der Waals surface area contributed by atoms with Gasteiger partial charge in [-0.05, 0) is 23.1 Å². The normalized spacial score (nSPS) is 11.6. The van der Waals surface area contributed by atoms with Crippen LogP contribution in [0.2, 0.25) is 0 Å². The van der Waals surface area contributed by atoms with E-state index in [1.807, 2.05) is 54.6 Å². The van der Waals surface area contributed by atoms with E-state index in [0.717, 1.165) is 21.7 Å². The molecule has 2 amide bonds. The second-order valence-corrected chi connectivity index (χ2v) is 7.94. The van der Waals surface area contributed by atoms with E-state index < -0.39 is 30.4 Å². The lowest BCUT2D eigenvalue weighted by molar-refractivity contribution is -0.146. The van der Waals surface area contributed by atoms with Gasteiger partial charge in [0.05, 0.1) is 13.1 Å². The van der Waals surface area contributed by atoms with Crippen molar-refractivity contribution in [2.24, 2.45) is 0 Å². The fourth-order valence-corrected chi connectivity index (χ4v) is 3.30. The van der Waals surface area contributed by atoms with Gasteiger partial charge in [0.25, 0.3) is 11.8 Å². The summed E-state index contributed by atoms with van der Waals surface area (Å²) in [5, 5.41) is 29.0. The number of aliphatic hydroxyl groups is 1. The van der Waals surface area contributed by atoms with E-state index in [0.29, 0.717) is 19.6 Å². The summed E-state index contributed by atoms with van der Waals surface area (Å²) in [4.78, 5) is 36.5. The quantitative estimate of drug-likeness (QED) is 0.176. The van der Waals surface area contributed by atoms with Crippen LogP contribution in [-0.4, -0.2) is 76.1 Å². The number of methoxy groups -OCH3 is 1. The fourth-order valence-electron chi connectivity index (χ4n) is 3.30. The monoisotopic (exact) mass is 495 g/mol. The summed E-state index contributed by atoms with van der Waals surface area (Å²) in [6.45, 7) is 0.560. The Morgan fingerprint density at radius 2 is 1.78 bits per heavy atom. The third-order valence-electron chi connectivity index (χ3n) is 5.26. The predicted molar refractivity (Wildman–Crippen MR) is 131 cm³/mol. The molecule has 1 heterocycles. The number of carboxylic acid groups (broad SMARTS) is 1. The minimum Gasteiger partial charge on any atom is -0.479 e. The molecular formula is C25H29N5O6. The van der Waals surface area contributed by atoms with Crippen LogP contribution >= 0.6 is 0 Å². The maximum Gasteiger partial charge on any atom is 0.333 e. The van der Waals surface area contributed by atoms with Crippen LogP contribution in [-0.2, 0) is 16.1 Å². The molecule has 0 saturated heterocycles. The molecule has 190 valence electrons. The smallest absolute Gasteiger partial charge is 0.333 e. The number of aliphatic carboxylic acids is 1. The van der Waals surface area contributed by atoms with Crippen molar-refractivity contribution in [3.63, 3.8) is 0 Å². The van der Waals surface area contributed by atoms with Crippen LogP contribution in [0.3, 0.4) is 0 Å². The van der Waals surface area contributed by atoms with Gasteiger partial charge in [-0.3, -0.25) is 19.7 Å². The number of hydrogen-bond acceptors (Lipinski definition) is 7. The Morgan fingerprint density at radius 1 is 1.08 bits per heavy atom. The topological polar surface area (TPSA) is 157 Å². The minimum absolute atomic E-state index is 0.0234. The maximum absolute atomic E-state index is 13.2. The van der Waals surface area contributed by atoms with Crippen LogP contribution in [0.5, 0.6) is 0 Å². The van der Waals surface area contributed by atoms with Crippen LogP contribution in [0.1, 0.15) is 33.0 Å². The van der Waals surface area contributed by atoms with Crippen molar-refractivity contribution >= 4 is 17.8 Å². The Morgan fingerprint density at radius 3 is 2.44 bits per heavy atom. The van der Waals surface area contributed by atoms with E-state index >= 15 is 0 Å². The van der Waals surface area contributed by atoms with Crippen LogP contribution < -0.4 is 10.7 Å². The number of aromatic amines is 1. The molecule has 0 fully saturated rings. The summed E-state index contributed by atoms with van der Waals surface area (Å²) >= 11 is 0. The van der Waals surface area contributed by atoms with Crippen molar-refractivity contribution in [2.45, 2.75) is 19.1 Å². The van der Waals surface area contributed by atoms with Gasteiger partial charge in [-0.2, -0.15) is 5.10 Å². The number of rotatable bonds is 13. The molecule has 0 spiro atoms. The van der Waals surface area contributed by atoms with Gasteiger partial charge >= 0.3 is 5.97 Å². The highest BCUT2D eigenvalue weighted by Gasteiger charge is 2.23. The first kappa shape index (κ1) is 26.5. The minimum atomic E-state index is -1.71. The Labute approximate surface area is 208 Å². The van der Waals surface area contributed by atoms with Gasteiger partial charge in [0.2, 0.25) is 0 Å². The van der Waals surface area contributed by atoms with Crippen LogP contribution in [0.25, 0.3) is 11.1 Å². The van der Waals surface area contributed by atoms with Crippen molar-refractivity contribution in [1.82, 2.24) is 25.9 Å². The number of hydrazine groups is 1. The number of ether oxygens (including phenoxy) is 1. The maximum atomic E-state index is 13.2. The summed E-state index contributed by atoms with van der Waals surface area (Å²) < 4.78 is 4.94. The zero-order valence-electron chi connectivity index (χ0n) is 19.8. The number of hydrogen-bond donors (Lipinski definition) is 5. The van der Waals surface area contributed by atoms with Gasteiger partial charge in [0.1, 0.15) is 5.69 Å². The summed E-state index contributed by atoms with van der Waals surface area (Å²) in [6.07, 6.45) is -1.08. The molecule has 0 aliphatic rings. The zero-order valence-corrected chi connectivity index (χ0v) is 19.8. The summed E-state index contributed by atoms with van der Waals surface area (Å²) in [5.41, 5.74) is 5.54. The highest BCUT2D eigenvalue weighted by atomic mass is 16.5. The van der Waals surface area contributed by atoms with Gasteiger partial charge in [-0.1, -0.05) is 54.6 Å². The number of carboxylic acids is 1. The average Bonchev–Trinajstić information content (AvgIpc) is 3.40. The molecule has 5 N–H and O–H groups in total. The van der Waals surface area contributed by atoms with E-state index in [2.05, 4.69) is 20.9 Å². The SMILES string of the molecule is COCCCNC(=O)c1cc(C(=O)N(Cc2ccc(-c3ccccc3)cc2)NCC(O)C(=O)O)[nH]n1. The first-order valence-electron chi connectivity index (χ1n) is 11.3. The lowest BCUT2D eigenvalue weighted by Gasteiger charge is -2.24. The molecule has 0 radical (unpaired) electrons. The van der Waals surface area contributed by atoms with Crippen molar-refractivity contribution in [1.29, 1.82) is 0 Å². The van der Waals surface area contributed by atoms with E-state index in [-0.39, 0.29) is 17.9 Å². The van der Waals surface area contributed by atoms with Crippen LogP contribution in [0, 0.1) is 0 Å². The molecule has 1 aromatic heterocycles. The summed E-state index contributed by atoms with van der Waals surface area (Å²) in [5.74, 6) is -2.44. The zero-order chi connectivity index (χ0) is 25.9. The largest absolute Gasteiger partial charge is 0.479 e. The van der Waals surface area contributed by atoms with E-state index in [1.54, 1.807) is 7.11 Å². The van der Waals surface area contributed by atoms with E-state index in [4.69, 9.17) is 9.84 Å². The third kappa shape index (κ3) is 7.47. The molecule has 3 aromatic rings. The van der Waals surface area contributed by atoms with Crippen molar-refractivity contribution in [3.8, 4) is 11.1 Å². The van der Waals surface area contributed by atoms with Gasteiger partial charge in [-0.25, -0.2) is 10.2 Å². The second kappa shape index (κ2) is 13.1. The number of nitrogens with zero attached hydrogens (tertiary/aromatic N) is 2. The Kier molecular flexibility index (Phi) is 9.69. The number of H-pyrrole nitrogens is 1. The van der Waals surface area contributed by atoms with Gasteiger partial charge < -0.3 is 20.3 Å². The van der Waals surface area contributed by atoms with Crippen LogP contribution in [0.15, 0.2) is 60.7 Å². The molecule has 3 rings (SSSR count). The lowest BCUT2D eigenvalue weighted by Crippen LogP contribution is -2.47. The second-order valence-electron chi connectivity index (χ2n) is 7.94. The number of carbonyl (C=O) groups is 3. The third-order valence-corrected chi connectivity index (χ3v) is 5.26. The molecule has 11 nitrogen and oxygen atoms in total. The molecule has 0 aliphatic heterocycles. The van der Waals surface area contributed by atoms with Crippen LogP contribution in [0.4, 0.5) is 0 Å². The first-order valence-corrected chi connectivity index (χ1v) is 11.3. The van der Waals surface area contributed by atoms with Crippen molar-refractivity contribution in [3.05, 3.63) is 77.6 Å². The Hall–Kier alpha value is -4.06. The molecule has 2 aromatic carbocycles. The fraction of sp³-hybridized carbons (Fsp3) is 0.280. The predicted octanol–water partition coefficient (Wildman–Crippen LogP) is 1.44. The van der Waals surface area contributed by atoms with Gasteiger partial charge in [0, 0.05) is 26.3 Å². The van der Waals surface area contributed by atoms with Crippen molar-refractivity contribution < 1.29 is 29.3 Å². The average molecular weight is 496 g/mol. The number of benzene rings is 2. The molecule has 36 heavy (non-hydrogen) atoms. The Balaban J connectivity index is 1.72. The Bertz CT molecular complexity index is 1150. The number of aliphatic hydroxyl groups excluding tert-OH is 1. The van der Waals surface area contributed by atoms with E-state index in [1.165, 1.54) is 6.07 Å². The number of nitrogens with one attached hydrogen (secondary N) is 3. The number of aromatic nitrogens is 2. The van der Waals surface area contributed by atoms with Gasteiger partial charge in [0.15, 0.2) is 11.8 Å². The molecular weight excluding hydrogens is 466 g/mol. The highest BCUT2D eigenvalue weighted by molar-refractivity contribution is 5.97. The summed E-state index contributed by atoms with van der Waals surface area (Å²) in [6, 6.07) is 18.7. The van der Waals surface area contributed by atoms with E-state index in [9.17, 15) is 19.5 Å². The molecule has 0 saturated carbocycles. The standard InChI is InChI=1S/C25H29N5O6/c1-36-13-5-12-26-23(32)20-14-21(29-28-20)24(33)30(27-15-22(31)25(34)35)16-17-8-10-19(11-9-17)18-6-3-2-4-7-18/h2-4,6-11,14,22,27,31H,5,12-13,15-16H2,1H3,(H,26,32)(H,28,29)(H,34,35). The molecule has 11 heteroatoms. The molecule has 0 aliphatic carbocycles. The highest BCUT2D eigenvalue weighted by Crippen LogP contribution is 2.20. The number of amides is 2. The van der Waals surface area contributed by atoms with Crippen molar-refractivity contribution in [2.75, 3.05) is 26.8 Å².